The Labute approximate surface area is 129 Å². The Morgan fingerprint density at radius 1 is 1.55 bits per heavy atom. The van der Waals surface area contributed by atoms with E-state index in [2.05, 4.69) is 31.7 Å². The van der Waals surface area contributed by atoms with Gasteiger partial charge in [-0.3, -0.25) is 19.5 Å². The number of aromatic amines is 1. The van der Waals surface area contributed by atoms with Crippen LogP contribution < -0.4 is 5.32 Å². The van der Waals surface area contributed by atoms with Crippen LogP contribution >= 0.6 is 0 Å². The summed E-state index contributed by atoms with van der Waals surface area (Å²) in [7, 11) is 3.59. The summed E-state index contributed by atoms with van der Waals surface area (Å²) < 4.78 is 1.86. The Morgan fingerprint density at radius 3 is 3.05 bits per heavy atom. The molecule has 7 nitrogen and oxygen atoms in total. The molecule has 2 N–H and O–H groups in total. The van der Waals surface area contributed by atoms with Crippen molar-refractivity contribution in [3.63, 3.8) is 0 Å². The predicted molar refractivity (Wildman–Crippen MR) is 82.6 cm³/mol. The van der Waals surface area contributed by atoms with Crippen molar-refractivity contribution in [2.24, 2.45) is 7.05 Å². The van der Waals surface area contributed by atoms with Gasteiger partial charge in [-0.25, -0.2) is 0 Å². The fourth-order valence-electron chi connectivity index (χ4n) is 3.18. The van der Waals surface area contributed by atoms with Gasteiger partial charge in [0.2, 0.25) is 0 Å². The van der Waals surface area contributed by atoms with Gasteiger partial charge >= 0.3 is 0 Å². The first-order chi connectivity index (χ1) is 10.6. The number of hydrogen-bond acceptors (Lipinski definition) is 4. The Kier molecular flexibility index (Phi) is 3.98. The van der Waals surface area contributed by atoms with Crippen LogP contribution in [-0.4, -0.2) is 50.9 Å². The molecule has 0 radical (unpaired) electrons. The molecule has 3 rings (SSSR count). The number of aryl methyl sites for hydroxylation is 2. The van der Waals surface area contributed by atoms with E-state index in [1.165, 1.54) is 5.56 Å². The van der Waals surface area contributed by atoms with Gasteiger partial charge in [0.1, 0.15) is 0 Å². The van der Waals surface area contributed by atoms with Crippen LogP contribution in [0, 0.1) is 6.92 Å². The normalized spacial score (nSPS) is 18.8. The van der Waals surface area contributed by atoms with Crippen LogP contribution in [-0.2, 0) is 13.6 Å². The molecule has 0 aromatic carbocycles. The highest BCUT2D eigenvalue weighted by Crippen LogP contribution is 2.29. The standard InChI is InChI=1S/C15H22N6O/c1-10-12(7-20(3)19-10)9-21-5-4-11(8-21)14-13(6-17-18-14)15(22)16-2/h6-7,11H,4-5,8-9H2,1-3H3,(H,16,22)(H,17,18)/t11-/m1/s1. The Hall–Kier alpha value is -2.15. The van der Waals surface area contributed by atoms with Crippen LogP contribution in [0.2, 0.25) is 0 Å². The minimum Gasteiger partial charge on any atom is -0.355 e. The van der Waals surface area contributed by atoms with E-state index in [0.29, 0.717) is 11.5 Å². The predicted octanol–water partition coefficient (Wildman–Crippen LogP) is 0.801. The number of carbonyl (C=O) groups is 1. The van der Waals surface area contributed by atoms with E-state index < -0.39 is 0 Å². The summed E-state index contributed by atoms with van der Waals surface area (Å²) in [6.45, 7) is 4.90. The number of aromatic nitrogens is 4. The zero-order valence-corrected chi connectivity index (χ0v) is 13.3. The van der Waals surface area contributed by atoms with Gasteiger partial charge in [0.15, 0.2) is 0 Å². The van der Waals surface area contributed by atoms with Gasteiger partial charge in [-0.2, -0.15) is 10.2 Å². The quantitative estimate of drug-likeness (QED) is 0.875. The average Bonchev–Trinajstić information content (AvgIpc) is 3.19. The molecule has 0 spiro atoms. The number of nitrogens with one attached hydrogen (secondary N) is 2. The second kappa shape index (κ2) is 5.92. The average molecular weight is 302 g/mol. The molecule has 0 aliphatic carbocycles. The van der Waals surface area contributed by atoms with Crippen molar-refractivity contribution in [1.82, 2.24) is 30.2 Å². The smallest absolute Gasteiger partial charge is 0.254 e. The summed E-state index contributed by atoms with van der Waals surface area (Å²) >= 11 is 0. The highest BCUT2D eigenvalue weighted by atomic mass is 16.1. The zero-order chi connectivity index (χ0) is 15.7. The lowest BCUT2D eigenvalue weighted by Gasteiger charge is -2.15. The number of hydrogen-bond donors (Lipinski definition) is 2. The molecule has 3 heterocycles. The van der Waals surface area contributed by atoms with E-state index in [4.69, 9.17) is 0 Å². The molecule has 0 unspecified atom stereocenters. The molecular formula is C15H22N6O. The lowest BCUT2D eigenvalue weighted by molar-refractivity contribution is 0.0961. The number of nitrogens with zero attached hydrogens (tertiary/aromatic N) is 4. The van der Waals surface area contributed by atoms with Gasteiger partial charge in [0, 0.05) is 44.9 Å². The Balaban J connectivity index is 1.69. The maximum absolute atomic E-state index is 11.9. The van der Waals surface area contributed by atoms with Gasteiger partial charge in [-0.05, 0) is 19.9 Å². The maximum atomic E-state index is 11.9. The number of H-pyrrole nitrogens is 1. The minimum absolute atomic E-state index is 0.0784. The molecule has 1 atom stereocenters. The summed E-state index contributed by atoms with van der Waals surface area (Å²) in [5.74, 6) is 0.247. The number of carbonyl (C=O) groups excluding carboxylic acids is 1. The molecule has 2 aromatic heterocycles. The molecule has 1 aliphatic heterocycles. The van der Waals surface area contributed by atoms with Gasteiger partial charge in [0.05, 0.1) is 23.1 Å². The number of amides is 1. The molecule has 7 heteroatoms. The third kappa shape index (κ3) is 2.76. The molecular weight excluding hydrogens is 280 g/mol. The van der Waals surface area contributed by atoms with Crippen molar-refractivity contribution in [2.75, 3.05) is 20.1 Å². The van der Waals surface area contributed by atoms with Crippen molar-refractivity contribution >= 4 is 5.91 Å². The van der Waals surface area contributed by atoms with E-state index in [9.17, 15) is 4.79 Å². The summed E-state index contributed by atoms with van der Waals surface area (Å²) in [6.07, 6.45) is 4.72. The fourth-order valence-corrected chi connectivity index (χ4v) is 3.18. The van der Waals surface area contributed by atoms with E-state index in [1.807, 2.05) is 18.7 Å². The SMILES string of the molecule is CNC(=O)c1cn[nH]c1[C@@H]1CCN(Cc2cn(C)nc2C)C1. The summed E-state index contributed by atoms with van der Waals surface area (Å²) in [6, 6.07) is 0. The zero-order valence-electron chi connectivity index (χ0n) is 13.3. The van der Waals surface area contributed by atoms with Crippen LogP contribution in [0.1, 0.15) is 39.6 Å². The van der Waals surface area contributed by atoms with Crippen molar-refractivity contribution in [3.05, 3.63) is 34.9 Å². The lowest BCUT2D eigenvalue weighted by atomic mass is 10.0. The van der Waals surface area contributed by atoms with Crippen LogP contribution in [0.25, 0.3) is 0 Å². The monoisotopic (exact) mass is 302 g/mol. The highest BCUT2D eigenvalue weighted by molar-refractivity contribution is 5.95. The van der Waals surface area contributed by atoms with Gasteiger partial charge in [-0.1, -0.05) is 0 Å². The van der Waals surface area contributed by atoms with E-state index in [-0.39, 0.29) is 5.91 Å². The van der Waals surface area contributed by atoms with Crippen molar-refractivity contribution < 1.29 is 4.79 Å². The Morgan fingerprint density at radius 2 is 2.36 bits per heavy atom. The van der Waals surface area contributed by atoms with Gasteiger partial charge in [0.25, 0.3) is 5.91 Å². The molecule has 22 heavy (non-hydrogen) atoms. The molecule has 1 saturated heterocycles. The lowest BCUT2D eigenvalue weighted by Crippen LogP contribution is -2.22. The minimum atomic E-state index is -0.0784. The summed E-state index contributed by atoms with van der Waals surface area (Å²) in [5, 5.41) is 14.1. The number of likely N-dealkylation sites (tertiary alicyclic amines) is 1. The van der Waals surface area contributed by atoms with Gasteiger partial charge in [-0.15, -0.1) is 0 Å². The molecule has 0 bridgehead atoms. The van der Waals surface area contributed by atoms with E-state index >= 15 is 0 Å². The third-order valence-electron chi connectivity index (χ3n) is 4.33. The number of rotatable bonds is 4. The maximum Gasteiger partial charge on any atom is 0.254 e. The van der Waals surface area contributed by atoms with Crippen molar-refractivity contribution in [3.8, 4) is 0 Å². The molecule has 118 valence electrons. The van der Waals surface area contributed by atoms with Crippen LogP contribution in [0.3, 0.4) is 0 Å². The second-order valence-corrected chi connectivity index (χ2v) is 5.91. The molecule has 1 fully saturated rings. The van der Waals surface area contributed by atoms with E-state index in [0.717, 1.165) is 37.4 Å². The third-order valence-corrected chi connectivity index (χ3v) is 4.33. The van der Waals surface area contributed by atoms with E-state index in [1.54, 1.807) is 13.2 Å². The first-order valence-electron chi connectivity index (χ1n) is 7.55. The first-order valence-corrected chi connectivity index (χ1v) is 7.55. The van der Waals surface area contributed by atoms with Crippen LogP contribution in [0.15, 0.2) is 12.4 Å². The summed E-state index contributed by atoms with van der Waals surface area (Å²) in [4.78, 5) is 14.3. The second-order valence-electron chi connectivity index (χ2n) is 5.91. The summed E-state index contributed by atoms with van der Waals surface area (Å²) in [5.41, 5.74) is 3.95. The van der Waals surface area contributed by atoms with Crippen molar-refractivity contribution in [2.45, 2.75) is 25.8 Å². The van der Waals surface area contributed by atoms with Crippen LogP contribution in [0.5, 0.6) is 0 Å². The van der Waals surface area contributed by atoms with Gasteiger partial charge < -0.3 is 5.32 Å². The molecule has 0 saturated carbocycles. The van der Waals surface area contributed by atoms with Crippen molar-refractivity contribution in [1.29, 1.82) is 0 Å². The first kappa shape index (κ1) is 14.8. The molecule has 2 aromatic rings. The highest BCUT2D eigenvalue weighted by Gasteiger charge is 2.29. The molecule has 1 amide bonds. The fraction of sp³-hybridized carbons (Fsp3) is 0.533. The topological polar surface area (TPSA) is 78.8 Å². The van der Waals surface area contributed by atoms with Crippen LogP contribution in [0.4, 0.5) is 0 Å². The Bertz CT molecular complexity index is 673. The molecule has 1 aliphatic rings. The largest absolute Gasteiger partial charge is 0.355 e.